The predicted molar refractivity (Wildman–Crippen MR) is 55.0 cm³/mol. The second-order valence-electron chi connectivity index (χ2n) is 3.51. The summed E-state index contributed by atoms with van der Waals surface area (Å²) in [6.07, 6.45) is -2.85. The van der Waals surface area contributed by atoms with E-state index in [4.69, 9.17) is 0 Å². The lowest BCUT2D eigenvalue weighted by molar-refractivity contribution is -0.0887. The zero-order valence-corrected chi connectivity index (χ0v) is 8.95. The smallest absolute Gasteiger partial charge is 0.303 e. The van der Waals surface area contributed by atoms with Gasteiger partial charge in [-0.25, -0.2) is 4.98 Å². The van der Waals surface area contributed by atoms with Crippen molar-refractivity contribution in [3.05, 3.63) is 35.9 Å². The number of aromatic nitrogens is 2. The van der Waals surface area contributed by atoms with E-state index in [1.165, 1.54) is 10.5 Å². The second kappa shape index (κ2) is 3.87. The average Bonchev–Trinajstić information content (AvgIpc) is 2.65. The first-order valence-electron chi connectivity index (χ1n) is 5.02. The summed E-state index contributed by atoms with van der Waals surface area (Å²) in [6.45, 7) is 1.77. The van der Waals surface area contributed by atoms with Crippen LogP contribution in [-0.4, -0.2) is 21.3 Å². The molecular weight excluding hydrogens is 233 g/mol. The highest BCUT2D eigenvalue weighted by atomic mass is 19.4. The molecule has 0 unspecified atom stereocenters. The number of ketones is 1. The highest BCUT2D eigenvalue weighted by molar-refractivity contribution is 6.04. The van der Waals surface area contributed by atoms with Crippen molar-refractivity contribution >= 4 is 11.3 Å². The van der Waals surface area contributed by atoms with Crippen molar-refractivity contribution in [3.63, 3.8) is 0 Å². The normalized spacial score (nSPS) is 12.0. The van der Waals surface area contributed by atoms with Gasteiger partial charge in [-0.2, -0.15) is 13.2 Å². The Hall–Kier alpha value is -1.85. The van der Waals surface area contributed by atoms with Crippen molar-refractivity contribution in [1.82, 2.24) is 9.38 Å². The van der Waals surface area contributed by atoms with Gasteiger partial charge >= 0.3 is 6.18 Å². The summed E-state index contributed by atoms with van der Waals surface area (Å²) in [6, 6.07) is 4.70. The van der Waals surface area contributed by atoms with Crippen LogP contribution in [-0.2, 0) is 6.42 Å². The van der Waals surface area contributed by atoms with Crippen molar-refractivity contribution in [2.45, 2.75) is 19.5 Å². The molecule has 90 valence electrons. The number of pyridine rings is 1. The highest BCUT2D eigenvalue weighted by Gasteiger charge is 2.41. The largest absolute Gasteiger partial charge is 0.456 e. The first-order valence-corrected chi connectivity index (χ1v) is 5.02. The molecule has 0 amide bonds. The molecule has 0 fully saturated rings. The summed E-state index contributed by atoms with van der Waals surface area (Å²) in [5.74, 6) is -1.46. The van der Waals surface area contributed by atoms with Crippen LogP contribution in [0.1, 0.15) is 23.2 Å². The van der Waals surface area contributed by atoms with Gasteiger partial charge in [-0.15, -0.1) is 0 Å². The van der Waals surface area contributed by atoms with Crippen molar-refractivity contribution < 1.29 is 18.0 Å². The third kappa shape index (κ3) is 1.90. The molecule has 17 heavy (non-hydrogen) atoms. The highest BCUT2D eigenvalue weighted by Crippen LogP contribution is 2.24. The average molecular weight is 242 g/mol. The molecule has 0 aliphatic carbocycles. The molecule has 2 aromatic heterocycles. The summed E-state index contributed by atoms with van der Waals surface area (Å²) in [7, 11) is 0. The number of Topliss-reactive ketones (excluding diaryl/α,β-unsaturated/α-hetero) is 1. The van der Waals surface area contributed by atoms with Gasteiger partial charge in [0.25, 0.3) is 5.78 Å². The minimum atomic E-state index is -4.89. The Labute approximate surface area is 94.9 Å². The van der Waals surface area contributed by atoms with Crippen molar-refractivity contribution in [2.75, 3.05) is 0 Å². The van der Waals surface area contributed by atoms with Crippen LogP contribution in [0.5, 0.6) is 0 Å². The summed E-state index contributed by atoms with van der Waals surface area (Å²) >= 11 is 0. The van der Waals surface area contributed by atoms with E-state index in [0.717, 1.165) is 0 Å². The number of halogens is 3. The molecule has 0 atom stereocenters. The van der Waals surface area contributed by atoms with E-state index in [-0.39, 0.29) is 5.52 Å². The van der Waals surface area contributed by atoms with Crippen LogP contribution in [0.2, 0.25) is 0 Å². The topological polar surface area (TPSA) is 34.4 Å². The summed E-state index contributed by atoms with van der Waals surface area (Å²) in [5.41, 5.74) is -0.346. The van der Waals surface area contributed by atoms with E-state index >= 15 is 0 Å². The molecule has 0 saturated carbocycles. The Morgan fingerprint density at radius 3 is 2.71 bits per heavy atom. The lowest BCUT2D eigenvalue weighted by Crippen LogP contribution is -2.23. The number of aryl methyl sites for hydroxylation is 1. The maximum atomic E-state index is 12.4. The van der Waals surface area contributed by atoms with E-state index in [1.54, 1.807) is 25.3 Å². The quantitative estimate of drug-likeness (QED) is 0.759. The monoisotopic (exact) mass is 242 g/mol. The number of hydrogen-bond donors (Lipinski definition) is 0. The number of carbonyl (C=O) groups excluding carboxylic acids is 1. The van der Waals surface area contributed by atoms with Crippen LogP contribution >= 0.6 is 0 Å². The fourth-order valence-electron chi connectivity index (χ4n) is 1.65. The van der Waals surface area contributed by atoms with Crippen molar-refractivity contribution in [3.8, 4) is 0 Å². The van der Waals surface area contributed by atoms with Gasteiger partial charge in [0.15, 0.2) is 0 Å². The SMILES string of the molecule is CCc1nc(C(=O)C(F)(F)F)c2ccccn12. The minimum Gasteiger partial charge on any atom is -0.303 e. The van der Waals surface area contributed by atoms with Crippen LogP contribution in [0.4, 0.5) is 13.2 Å². The summed E-state index contributed by atoms with van der Waals surface area (Å²) < 4.78 is 38.6. The van der Waals surface area contributed by atoms with E-state index in [0.29, 0.717) is 12.2 Å². The summed E-state index contributed by atoms with van der Waals surface area (Å²) in [5, 5.41) is 0. The molecule has 0 aromatic carbocycles. The maximum absolute atomic E-state index is 12.4. The fraction of sp³-hybridized carbons (Fsp3) is 0.273. The van der Waals surface area contributed by atoms with Crippen LogP contribution < -0.4 is 0 Å². The molecule has 6 heteroatoms. The minimum absolute atomic E-state index is 0.187. The van der Waals surface area contributed by atoms with Crippen LogP contribution in [0.3, 0.4) is 0 Å². The lowest BCUT2D eigenvalue weighted by atomic mass is 10.2. The second-order valence-corrected chi connectivity index (χ2v) is 3.51. The number of alkyl halides is 3. The molecule has 0 N–H and O–H groups in total. The first-order chi connectivity index (χ1) is 7.95. The zero-order valence-electron chi connectivity index (χ0n) is 8.95. The molecule has 0 bridgehead atoms. The van der Waals surface area contributed by atoms with Crippen LogP contribution in [0.15, 0.2) is 24.4 Å². The van der Waals surface area contributed by atoms with Gasteiger partial charge in [0, 0.05) is 12.6 Å². The molecule has 0 aliphatic rings. The molecule has 0 aliphatic heterocycles. The van der Waals surface area contributed by atoms with Gasteiger partial charge in [0.1, 0.15) is 11.5 Å². The van der Waals surface area contributed by atoms with Gasteiger partial charge in [0.2, 0.25) is 0 Å². The van der Waals surface area contributed by atoms with E-state index in [9.17, 15) is 18.0 Å². The standard InChI is InChI=1S/C11H9F3N2O/c1-2-8-15-9(10(17)11(12,13)14)7-5-3-4-6-16(7)8/h3-6H,2H2,1H3. The van der Waals surface area contributed by atoms with E-state index in [1.807, 2.05) is 0 Å². The first kappa shape index (κ1) is 11.6. The molecule has 0 saturated heterocycles. The number of rotatable bonds is 2. The number of fused-ring (bicyclic) bond motifs is 1. The molecule has 2 aromatic rings. The van der Waals surface area contributed by atoms with Crippen molar-refractivity contribution in [1.29, 1.82) is 0 Å². The van der Waals surface area contributed by atoms with E-state index < -0.39 is 17.7 Å². The molecular formula is C11H9F3N2O. The Kier molecular flexibility index (Phi) is 2.65. The maximum Gasteiger partial charge on any atom is 0.456 e. The Bertz CT molecular complexity index is 572. The van der Waals surface area contributed by atoms with E-state index in [2.05, 4.69) is 4.98 Å². The molecule has 2 rings (SSSR count). The van der Waals surface area contributed by atoms with Gasteiger partial charge in [0.05, 0.1) is 5.52 Å². The van der Waals surface area contributed by atoms with Gasteiger partial charge in [-0.1, -0.05) is 13.0 Å². The van der Waals surface area contributed by atoms with Crippen LogP contribution in [0, 0.1) is 0 Å². The van der Waals surface area contributed by atoms with Gasteiger partial charge in [-0.3, -0.25) is 4.79 Å². The van der Waals surface area contributed by atoms with Crippen LogP contribution in [0.25, 0.3) is 5.52 Å². The molecule has 2 heterocycles. The third-order valence-electron chi connectivity index (χ3n) is 2.41. The number of carbonyl (C=O) groups is 1. The number of imidazole rings is 1. The summed E-state index contributed by atoms with van der Waals surface area (Å²) in [4.78, 5) is 15.0. The third-order valence-corrected chi connectivity index (χ3v) is 2.41. The zero-order chi connectivity index (χ0) is 12.6. The van der Waals surface area contributed by atoms with Gasteiger partial charge < -0.3 is 4.40 Å². The number of hydrogen-bond acceptors (Lipinski definition) is 2. The Morgan fingerprint density at radius 1 is 1.41 bits per heavy atom. The van der Waals surface area contributed by atoms with Crippen molar-refractivity contribution in [2.24, 2.45) is 0 Å². The predicted octanol–water partition coefficient (Wildman–Crippen LogP) is 2.64. The fourth-order valence-corrected chi connectivity index (χ4v) is 1.65. The van der Waals surface area contributed by atoms with Gasteiger partial charge in [-0.05, 0) is 12.1 Å². The Morgan fingerprint density at radius 2 is 2.12 bits per heavy atom. The molecule has 0 radical (unpaired) electrons. The Balaban J connectivity index is 2.67. The lowest BCUT2D eigenvalue weighted by Gasteiger charge is -2.02. The molecule has 0 spiro atoms. The molecule has 3 nitrogen and oxygen atoms in total. The number of nitrogens with zero attached hydrogens (tertiary/aromatic N) is 2.